The summed E-state index contributed by atoms with van der Waals surface area (Å²) in [7, 11) is 1.66. The van der Waals surface area contributed by atoms with E-state index in [1.54, 1.807) is 7.11 Å². The van der Waals surface area contributed by atoms with E-state index in [0.29, 0.717) is 0 Å². The maximum atomic E-state index is 5.11. The Morgan fingerprint density at radius 1 is 1.15 bits per heavy atom. The van der Waals surface area contributed by atoms with Crippen LogP contribution >= 0.6 is 0 Å². The molecule has 0 spiro atoms. The lowest BCUT2D eigenvalue weighted by Gasteiger charge is -2.02. The van der Waals surface area contributed by atoms with Gasteiger partial charge >= 0.3 is 0 Å². The molecule has 0 saturated heterocycles. The molecule has 0 saturated carbocycles. The number of hydrogen-bond donors (Lipinski definition) is 1. The molecule has 1 aliphatic rings. The summed E-state index contributed by atoms with van der Waals surface area (Å²) in [4.78, 5) is 0. The fourth-order valence-electron chi connectivity index (χ4n) is 1.27. The van der Waals surface area contributed by atoms with E-state index in [0.717, 1.165) is 11.4 Å². The van der Waals surface area contributed by atoms with Crippen molar-refractivity contribution >= 4 is 11.8 Å². The fraction of sp³-hybridized carbons (Fsp3) is 0.0909. The predicted octanol–water partition coefficient (Wildman–Crippen LogP) is 2.61. The van der Waals surface area contributed by atoms with Crippen LogP contribution in [0.5, 0.6) is 0 Å². The summed E-state index contributed by atoms with van der Waals surface area (Å²) in [5.74, 6) is 0.830. The highest BCUT2D eigenvalue weighted by Gasteiger charge is 2.00. The van der Waals surface area contributed by atoms with Crippen molar-refractivity contribution in [3.8, 4) is 0 Å². The Bertz CT molecular complexity index is 366. The summed E-state index contributed by atoms with van der Waals surface area (Å²) >= 11 is 0. The average Bonchev–Trinajstić information content (AvgIpc) is 2.39. The van der Waals surface area contributed by atoms with Gasteiger partial charge in [0, 0.05) is 11.9 Å². The lowest BCUT2D eigenvalue weighted by Crippen LogP contribution is -1.90. The normalized spacial score (nSPS) is 13.8. The Morgan fingerprint density at radius 2 is 2.00 bits per heavy atom. The summed E-state index contributed by atoms with van der Waals surface area (Å²) < 4.78 is 5.11. The van der Waals surface area contributed by atoms with Crippen LogP contribution in [0, 0.1) is 0 Å². The minimum atomic E-state index is 0.830. The van der Waals surface area contributed by atoms with Crippen molar-refractivity contribution in [3.05, 3.63) is 47.9 Å². The molecule has 1 heterocycles. The van der Waals surface area contributed by atoms with E-state index >= 15 is 0 Å². The summed E-state index contributed by atoms with van der Waals surface area (Å²) in [6, 6.07) is 8.12. The summed E-state index contributed by atoms with van der Waals surface area (Å²) in [5.41, 5.74) is 2.27. The lowest BCUT2D eigenvalue weighted by atomic mass is 10.2. The second kappa shape index (κ2) is 3.35. The average molecular weight is 173 g/mol. The number of rotatable bonds is 1. The number of methoxy groups -OCH3 is 1. The van der Waals surface area contributed by atoms with Crippen LogP contribution in [0.3, 0.4) is 0 Å². The number of fused-ring (bicyclic) bond motifs is 1. The summed E-state index contributed by atoms with van der Waals surface area (Å²) in [6.45, 7) is 0. The van der Waals surface area contributed by atoms with Gasteiger partial charge in [-0.2, -0.15) is 0 Å². The topological polar surface area (TPSA) is 21.3 Å². The maximum Gasteiger partial charge on any atom is 0.134 e. The SMILES string of the molecule is COC1=CNc2ccccc2C=C1. The molecule has 2 rings (SSSR count). The minimum absolute atomic E-state index is 0.830. The second-order valence-electron chi connectivity index (χ2n) is 2.82. The molecule has 13 heavy (non-hydrogen) atoms. The largest absolute Gasteiger partial charge is 0.495 e. The lowest BCUT2D eigenvalue weighted by molar-refractivity contribution is 0.307. The standard InChI is InChI=1S/C11H11NO/c1-13-10-7-6-9-4-2-3-5-11(9)12-8-10/h2-8,12H,1H3. The second-order valence-corrected chi connectivity index (χ2v) is 2.82. The highest BCUT2D eigenvalue weighted by Crippen LogP contribution is 2.20. The van der Waals surface area contributed by atoms with Crippen LogP contribution in [0.1, 0.15) is 5.56 Å². The number of hydrogen-bond acceptors (Lipinski definition) is 2. The van der Waals surface area contributed by atoms with Gasteiger partial charge in [0.25, 0.3) is 0 Å². The Balaban J connectivity index is 2.39. The molecule has 0 amide bonds. The van der Waals surface area contributed by atoms with Crippen LogP contribution in [0.4, 0.5) is 5.69 Å². The number of nitrogens with one attached hydrogen (secondary N) is 1. The number of allylic oxidation sites excluding steroid dienone is 1. The van der Waals surface area contributed by atoms with E-state index in [-0.39, 0.29) is 0 Å². The van der Waals surface area contributed by atoms with Gasteiger partial charge < -0.3 is 10.1 Å². The molecule has 2 nitrogen and oxygen atoms in total. The molecule has 66 valence electrons. The van der Waals surface area contributed by atoms with Gasteiger partial charge in [-0.1, -0.05) is 18.2 Å². The quantitative estimate of drug-likeness (QED) is 0.704. The van der Waals surface area contributed by atoms with Gasteiger partial charge in [0.05, 0.1) is 7.11 Å². The Kier molecular flexibility index (Phi) is 2.04. The van der Waals surface area contributed by atoms with Crippen molar-refractivity contribution in [2.45, 2.75) is 0 Å². The first-order valence-corrected chi connectivity index (χ1v) is 4.18. The first kappa shape index (κ1) is 7.92. The highest BCUT2D eigenvalue weighted by atomic mass is 16.5. The Hall–Kier alpha value is -1.70. The zero-order chi connectivity index (χ0) is 9.10. The molecule has 0 radical (unpaired) electrons. The first-order valence-electron chi connectivity index (χ1n) is 4.18. The van der Waals surface area contributed by atoms with Crippen molar-refractivity contribution < 1.29 is 4.74 Å². The Labute approximate surface area is 77.5 Å². The van der Waals surface area contributed by atoms with Crippen LogP contribution in [-0.2, 0) is 4.74 Å². The molecule has 0 aromatic heterocycles. The predicted molar refractivity (Wildman–Crippen MR) is 54.2 cm³/mol. The van der Waals surface area contributed by atoms with Gasteiger partial charge in [-0.15, -0.1) is 0 Å². The highest BCUT2D eigenvalue weighted by molar-refractivity contribution is 5.70. The molecule has 0 bridgehead atoms. The van der Waals surface area contributed by atoms with E-state index in [1.807, 2.05) is 36.6 Å². The maximum absolute atomic E-state index is 5.11. The van der Waals surface area contributed by atoms with Crippen molar-refractivity contribution in [2.75, 3.05) is 12.4 Å². The molecule has 1 aromatic rings. The van der Waals surface area contributed by atoms with Crippen molar-refractivity contribution in [2.24, 2.45) is 0 Å². The van der Waals surface area contributed by atoms with E-state index in [4.69, 9.17) is 4.74 Å². The third-order valence-corrected chi connectivity index (χ3v) is 1.99. The number of ether oxygens (including phenoxy) is 1. The molecule has 0 aliphatic carbocycles. The monoisotopic (exact) mass is 173 g/mol. The van der Waals surface area contributed by atoms with E-state index in [9.17, 15) is 0 Å². The number of para-hydroxylation sites is 1. The molecule has 0 atom stereocenters. The van der Waals surface area contributed by atoms with Crippen molar-refractivity contribution in [1.29, 1.82) is 0 Å². The van der Waals surface area contributed by atoms with Crippen molar-refractivity contribution in [3.63, 3.8) is 0 Å². The first-order chi connectivity index (χ1) is 6.40. The van der Waals surface area contributed by atoms with E-state index in [2.05, 4.69) is 11.4 Å². The van der Waals surface area contributed by atoms with Gasteiger partial charge in [-0.3, -0.25) is 0 Å². The number of anilines is 1. The molecule has 1 N–H and O–H groups in total. The van der Waals surface area contributed by atoms with Crippen LogP contribution in [0.25, 0.3) is 6.08 Å². The van der Waals surface area contributed by atoms with Crippen molar-refractivity contribution in [1.82, 2.24) is 0 Å². The summed E-state index contributed by atoms with van der Waals surface area (Å²) in [5, 5.41) is 3.18. The molecule has 1 aromatic carbocycles. The zero-order valence-electron chi connectivity index (χ0n) is 7.45. The van der Waals surface area contributed by atoms with Crippen LogP contribution < -0.4 is 5.32 Å². The number of benzene rings is 1. The smallest absolute Gasteiger partial charge is 0.134 e. The van der Waals surface area contributed by atoms with Crippen LogP contribution in [-0.4, -0.2) is 7.11 Å². The van der Waals surface area contributed by atoms with E-state index < -0.39 is 0 Å². The van der Waals surface area contributed by atoms with Crippen LogP contribution in [0.2, 0.25) is 0 Å². The molecule has 1 aliphatic heterocycles. The third kappa shape index (κ3) is 1.56. The summed E-state index contributed by atoms with van der Waals surface area (Å²) in [6.07, 6.45) is 5.83. The molecular weight excluding hydrogens is 162 g/mol. The minimum Gasteiger partial charge on any atom is -0.495 e. The molecule has 0 unspecified atom stereocenters. The zero-order valence-corrected chi connectivity index (χ0v) is 7.45. The Morgan fingerprint density at radius 3 is 2.85 bits per heavy atom. The molecular formula is C11H11NO. The molecule has 2 heteroatoms. The van der Waals surface area contributed by atoms with Gasteiger partial charge in [0.1, 0.15) is 5.76 Å². The van der Waals surface area contributed by atoms with Gasteiger partial charge in [0.15, 0.2) is 0 Å². The van der Waals surface area contributed by atoms with Gasteiger partial charge in [-0.25, -0.2) is 0 Å². The molecule has 0 fully saturated rings. The van der Waals surface area contributed by atoms with E-state index in [1.165, 1.54) is 5.56 Å². The van der Waals surface area contributed by atoms with Gasteiger partial charge in [0.2, 0.25) is 0 Å². The van der Waals surface area contributed by atoms with Crippen LogP contribution in [0.15, 0.2) is 42.3 Å². The fourth-order valence-corrected chi connectivity index (χ4v) is 1.27. The van der Waals surface area contributed by atoms with Gasteiger partial charge in [-0.05, 0) is 23.8 Å². The third-order valence-electron chi connectivity index (χ3n) is 1.99.